The van der Waals surface area contributed by atoms with Crippen LogP contribution in [0.2, 0.25) is 0 Å². The monoisotopic (exact) mass is 315 g/mol. The normalized spacial score (nSPS) is 10.8. The fraction of sp³-hybridized carbons (Fsp3) is 0.471. The number of hydrogen-bond acceptors (Lipinski definition) is 5. The number of hydrogen-bond donors (Lipinski definition) is 1. The van der Waals surface area contributed by atoms with Crippen LogP contribution in [0.4, 0.5) is 5.95 Å². The van der Waals surface area contributed by atoms with E-state index in [0.717, 1.165) is 18.5 Å². The lowest BCUT2D eigenvalue weighted by atomic mass is 10.0. The summed E-state index contributed by atoms with van der Waals surface area (Å²) in [5, 5.41) is 1.38. The third-order valence-electron chi connectivity index (χ3n) is 4.01. The highest BCUT2D eigenvalue weighted by molar-refractivity contribution is 5.47. The molecule has 0 unspecified atom stereocenters. The minimum absolute atomic E-state index is 0.273. The second kappa shape index (κ2) is 7.37. The second-order valence-electron chi connectivity index (χ2n) is 5.32. The predicted octanol–water partition coefficient (Wildman–Crippen LogP) is 2.01. The van der Waals surface area contributed by atoms with Crippen LogP contribution >= 0.6 is 0 Å². The average molecular weight is 315 g/mol. The van der Waals surface area contributed by atoms with Crippen LogP contribution in [0, 0.1) is 0 Å². The first kappa shape index (κ1) is 17.1. The minimum atomic E-state index is -0.335. The van der Waals surface area contributed by atoms with Crippen molar-refractivity contribution >= 4 is 5.95 Å². The maximum absolute atomic E-state index is 12.6. The van der Waals surface area contributed by atoms with Gasteiger partial charge >= 0.3 is 5.69 Å². The Labute approximate surface area is 137 Å². The van der Waals surface area contributed by atoms with E-state index in [9.17, 15) is 4.79 Å². The number of aryl methyl sites for hydroxylation is 2. The molecule has 1 aromatic carbocycles. The van der Waals surface area contributed by atoms with Gasteiger partial charge in [0.25, 0.3) is 0 Å². The summed E-state index contributed by atoms with van der Waals surface area (Å²) in [5.41, 5.74) is 2.96. The van der Waals surface area contributed by atoms with Gasteiger partial charge in [0.1, 0.15) is 5.82 Å². The van der Waals surface area contributed by atoms with Crippen LogP contribution in [0.1, 0.15) is 44.6 Å². The highest BCUT2D eigenvalue weighted by Crippen LogP contribution is 2.20. The standard InChI is InChI=1S/C17H25N5O/c1-5-12-10-9-11-14(13(12)6-2)22-15(7-3)19-16(20-17(22)23)21(18)8-4/h9-11H,5-8,18H2,1-4H3. The molecule has 1 heterocycles. The number of nitrogens with zero attached hydrogens (tertiary/aromatic N) is 4. The minimum Gasteiger partial charge on any atom is -0.279 e. The number of benzene rings is 1. The summed E-state index contributed by atoms with van der Waals surface area (Å²) in [7, 11) is 0. The largest absolute Gasteiger partial charge is 0.356 e. The molecule has 0 aliphatic rings. The lowest BCUT2D eigenvalue weighted by molar-refractivity contribution is 0.727. The zero-order valence-corrected chi connectivity index (χ0v) is 14.3. The molecule has 0 saturated carbocycles. The van der Waals surface area contributed by atoms with Crippen molar-refractivity contribution in [3.63, 3.8) is 0 Å². The van der Waals surface area contributed by atoms with Crippen molar-refractivity contribution in [2.75, 3.05) is 11.6 Å². The van der Waals surface area contributed by atoms with Crippen molar-refractivity contribution in [2.45, 2.75) is 47.0 Å². The summed E-state index contributed by atoms with van der Waals surface area (Å²) in [6.07, 6.45) is 2.41. The first-order valence-electron chi connectivity index (χ1n) is 8.20. The third kappa shape index (κ3) is 3.27. The molecule has 2 N–H and O–H groups in total. The average Bonchev–Trinajstić information content (AvgIpc) is 2.59. The van der Waals surface area contributed by atoms with Crippen molar-refractivity contribution in [2.24, 2.45) is 5.84 Å². The molecule has 0 amide bonds. The summed E-state index contributed by atoms with van der Waals surface area (Å²) >= 11 is 0. The van der Waals surface area contributed by atoms with Gasteiger partial charge in [-0.3, -0.25) is 5.01 Å². The topological polar surface area (TPSA) is 77.0 Å². The maximum atomic E-state index is 12.6. The molecule has 1 aromatic heterocycles. The van der Waals surface area contributed by atoms with E-state index in [2.05, 4.69) is 29.9 Å². The molecular formula is C17H25N5O. The van der Waals surface area contributed by atoms with E-state index in [-0.39, 0.29) is 11.6 Å². The Bertz CT molecular complexity index is 738. The van der Waals surface area contributed by atoms with Gasteiger partial charge in [-0.15, -0.1) is 0 Å². The van der Waals surface area contributed by atoms with Gasteiger partial charge in [0.15, 0.2) is 0 Å². The Morgan fingerprint density at radius 1 is 1.09 bits per heavy atom. The second-order valence-corrected chi connectivity index (χ2v) is 5.32. The fourth-order valence-corrected chi connectivity index (χ4v) is 2.76. The fourth-order valence-electron chi connectivity index (χ4n) is 2.76. The molecule has 0 aliphatic carbocycles. The van der Waals surface area contributed by atoms with Gasteiger partial charge in [-0.1, -0.05) is 32.9 Å². The summed E-state index contributed by atoms with van der Waals surface area (Å²) in [6, 6.07) is 6.04. The lowest BCUT2D eigenvalue weighted by Crippen LogP contribution is -2.37. The number of hydrazine groups is 1. The Morgan fingerprint density at radius 3 is 2.39 bits per heavy atom. The van der Waals surface area contributed by atoms with Gasteiger partial charge in [0.05, 0.1) is 5.69 Å². The summed E-state index contributed by atoms with van der Waals surface area (Å²) in [6.45, 7) is 8.63. The molecule has 6 heteroatoms. The number of nitrogens with two attached hydrogens (primary N) is 1. The van der Waals surface area contributed by atoms with Crippen LogP contribution < -0.4 is 16.5 Å². The lowest BCUT2D eigenvalue weighted by Gasteiger charge is -2.19. The van der Waals surface area contributed by atoms with Gasteiger partial charge in [-0.05, 0) is 37.0 Å². The van der Waals surface area contributed by atoms with Crippen molar-refractivity contribution in [3.05, 3.63) is 45.6 Å². The Balaban J connectivity index is 2.72. The van der Waals surface area contributed by atoms with Gasteiger partial charge in [-0.25, -0.2) is 15.2 Å². The first-order chi connectivity index (χ1) is 11.1. The molecule has 0 spiro atoms. The summed E-state index contributed by atoms with van der Waals surface area (Å²) in [5.74, 6) is 6.78. The summed E-state index contributed by atoms with van der Waals surface area (Å²) < 4.78 is 1.62. The quantitative estimate of drug-likeness (QED) is 0.652. The van der Waals surface area contributed by atoms with E-state index in [1.807, 2.05) is 26.0 Å². The van der Waals surface area contributed by atoms with Crippen molar-refractivity contribution in [1.29, 1.82) is 0 Å². The van der Waals surface area contributed by atoms with Crippen LogP contribution in [0.3, 0.4) is 0 Å². The molecule has 0 radical (unpaired) electrons. The molecule has 6 nitrogen and oxygen atoms in total. The Hall–Kier alpha value is -2.21. The molecule has 0 aliphatic heterocycles. The third-order valence-corrected chi connectivity index (χ3v) is 4.01. The number of anilines is 1. The number of rotatable bonds is 6. The van der Waals surface area contributed by atoms with Crippen molar-refractivity contribution in [1.82, 2.24) is 14.5 Å². The zero-order valence-electron chi connectivity index (χ0n) is 14.3. The van der Waals surface area contributed by atoms with E-state index in [1.165, 1.54) is 16.1 Å². The van der Waals surface area contributed by atoms with Crippen molar-refractivity contribution < 1.29 is 0 Å². The van der Waals surface area contributed by atoms with Crippen LogP contribution in [-0.2, 0) is 19.3 Å². The smallest absolute Gasteiger partial charge is 0.279 e. The van der Waals surface area contributed by atoms with E-state index in [4.69, 9.17) is 5.84 Å². The molecule has 124 valence electrons. The molecule has 0 atom stereocenters. The van der Waals surface area contributed by atoms with Gasteiger partial charge in [0.2, 0.25) is 5.95 Å². The van der Waals surface area contributed by atoms with E-state index >= 15 is 0 Å². The van der Waals surface area contributed by atoms with Crippen LogP contribution in [0.5, 0.6) is 0 Å². The molecule has 0 bridgehead atoms. The molecule has 0 fully saturated rings. The molecular weight excluding hydrogens is 290 g/mol. The zero-order chi connectivity index (χ0) is 17.0. The highest BCUT2D eigenvalue weighted by atomic mass is 16.1. The number of aromatic nitrogens is 3. The Kier molecular flexibility index (Phi) is 5.50. The molecule has 2 aromatic rings. The molecule has 0 saturated heterocycles. The van der Waals surface area contributed by atoms with Crippen LogP contribution in [0.15, 0.2) is 23.0 Å². The first-order valence-corrected chi connectivity index (χ1v) is 8.20. The highest BCUT2D eigenvalue weighted by Gasteiger charge is 2.16. The molecule has 23 heavy (non-hydrogen) atoms. The summed E-state index contributed by atoms with van der Waals surface area (Å²) in [4.78, 5) is 21.2. The van der Waals surface area contributed by atoms with Gasteiger partial charge < -0.3 is 0 Å². The van der Waals surface area contributed by atoms with Gasteiger partial charge in [0, 0.05) is 13.0 Å². The van der Waals surface area contributed by atoms with Crippen LogP contribution in [0.25, 0.3) is 5.69 Å². The van der Waals surface area contributed by atoms with Crippen molar-refractivity contribution in [3.8, 4) is 5.69 Å². The maximum Gasteiger partial charge on any atom is 0.356 e. The SMILES string of the molecule is CCc1cccc(-n2c(CC)nc(N(N)CC)nc2=O)c1CC. The Morgan fingerprint density at radius 2 is 1.83 bits per heavy atom. The van der Waals surface area contributed by atoms with E-state index in [1.54, 1.807) is 4.57 Å². The predicted molar refractivity (Wildman–Crippen MR) is 93.0 cm³/mol. The van der Waals surface area contributed by atoms with E-state index in [0.29, 0.717) is 18.8 Å². The van der Waals surface area contributed by atoms with Gasteiger partial charge in [-0.2, -0.15) is 9.97 Å². The molecule has 2 rings (SSSR count). The van der Waals surface area contributed by atoms with Crippen LogP contribution in [-0.4, -0.2) is 21.1 Å². The van der Waals surface area contributed by atoms with E-state index < -0.39 is 0 Å².